The molecule has 1 heterocycles. The van der Waals surface area contributed by atoms with Crippen molar-refractivity contribution in [2.75, 3.05) is 6.61 Å². The van der Waals surface area contributed by atoms with Gasteiger partial charge in [-0.05, 0) is 63.3 Å². The molecule has 1 N–H and O–H groups in total. The van der Waals surface area contributed by atoms with Crippen LogP contribution in [-0.2, 0) is 21.3 Å². The molecular formula is C23H30N2O5S. The van der Waals surface area contributed by atoms with Crippen molar-refractivity contribution in [3.8, 4) is 0 Å². The Hall–Kier alpha value is -2.45. The van der Waals surface area contributed by atoms with Crippen molar-refractivity contribution in [1.82, 2.24) is 9.29 Å². The van der Waals surface area contributed by atoms with Gasteiger partial charge in [-0.15, -0.1) is 0 Å². The van der Waals surface area contributed by atoms with Crippen molar-refractivity contribution in [2.24, 2.45) is 5.92 Å². The number of rotatable bonds is 10. The second-order valence-electron chi connectivity index (χ2n) is 8.54. The second-order valence-corrected chi connectivity index (χ2v) is 10.3. The maximum atomic E-state index is 12.7. The van der Waals surface area contributed by atoms with Crippen molar-refractivity contribution < 1.29 is 22.7 Å². The monoisotopic (exact) mass is 446 g/mol. The zero-order valence-corrected chi connectivity index (χ0v) is 19.3. The van der Waals surface area contributed by atoms with Crippen LogP contribution in [0.25, 0.3) is 0 Å². The van der Waals surface area contributed by atoms with Gasteiger partial charge < -0.3 is 9.30 Å². The minimum Gasteiger partial charge on any atom is -0.454 e. The number of esters is 1. The molecule has 0 atom stereocenters. The van der Waals surface area contributed by atoms with Gasteiger partial charge in [-0.2, -0.15) is 0 Å². The van der Waals surface area contributed by atoms with Gasteiger partial charge >= 0.3 is 5.97 Å². The summed E-state index contributed by atoms with van der Waals surface area (Å²) in [6, 6.07) is 7.46. The number of Topliss-reactive ketones (excluding diaryl/α,β-unsaturated/α-hetero) is 1. The minimum absolute atomic E-state index is 0.00822. The predicted octanol–water partition coefficient (Wildman–Crippen LogP) is 3.63. The minimum atomic E-state index is -3.67. The number of nitrogens with one attached hydrogen (secondary N) is 1. The summed E-state index contributed by atoms with van der Waals surface area (Å²) < 4.78 is 34.6. The van der Waals surface area contributed by atoms with E-state index < -0.39 is 22.6 Å². The quantitative estimate of drug-likeness (QED) is 0.444. The average molecular weight is 447 g/mol. The first-order chi connectivity index (χ1) is 14.6. The Bertz CT molecular complexity index is 1080. The number of aromatic nitrogens is 1. The summed E-state index contributed by atoms with van der Waals surface area (Å²) in [4.78, 5) is 25.1. The van der Waals surface area contributed by atoms with Crippen molar-refractivity contribution in [1.29, 1.82) is 0 Å². The maximum Gasteiger partial charge on any atom is 0.338 e. The topological polar surface area (TPSA) is 94.5 Å². The summed E-state index contributed by atoms with van der Waals surface area (Å²) in [6.45, 7) is 8.59. The van der Waals surface area contributed by atoms with Crippen LogP contribution in [0, 0.1) is 19.8 Å². The van der Waals surface area contributed by atoms with Gasteiger partial charge in [0.15, 0.2) is 6.61 Å². The number of aryl methyl sites for hydroxylation is 1. The lowest BCUT2D eigenvalue weighted by Crippen LogP contribution is -2.26. The normalized spacial score (nSPS) is 14.1. The molecule has 1 aliphatic carbocycles. The number of benzene rings is 1. The van der Waals surface area contributed by atoms with E-state index in [9.17, 15) is 18.0 Å². The molecule has 8 heteroatoms. The summed E-state index contributed by atoms with van der Waals surface area (Å²) in [7, 11) is -3.67. The van der Waals surface area contributed by atoms with Crippen LogP contribution in [-0.4, -0.2) is 37.4 Å². The van der Waals surface area contributed by atoms with Gasteiger partial charge in [-0.1, -0.05) is 19.9 Å². The highest BCUT2D eigenvalue weighted by Crippen LogP contribution is 2.23. The van der Waals surface area contributed by atoms with E-state index in [1.165, 1.54) is 24.3 Å². The Morgan fingerprint density at radius 2 is 1.90 bits per heavy atom. The Labute approximate surface area is 183 Å². The molecule has 0 unspecified atom stereocenters. The fraction of sp³-hybridized carbons (Fsp3) is 0.478. The molecule has 168 valence electrons. The summed E-state index contributed by atoms with van der Waals surface area (Å²) >= 11 is 0. The van der Waals surface area contributed by atoms with Crippen LogP contribution in [0.3, 0.4) is 0 Å². The Balaban J connectivity index is 1.65. The van der Waals surface area contributed by atoms with Crippen LogP contribution in [0.15, 0.2) is 35.2 Å². The van der Waals surface area contributed by atoms with Gasteiger partial charge in [-0.3, -0.25) is 4.79 Å². The maximum absolute atomic E-state index is 12.7. The zero-order chi connectivity index (χ0) is 22.8. The van der Waals surface area contributed by atoms with Crippen LogP contribution in [0.4, 0.5) is 0 Å². The number of ketones is 1. The predicted molar refractivity (Wildman–Crippen MR) is 118 cm³/mol. The molecule has 1 saturated carbocycles. The van der Waals surface area contributed by atoms with Crippen molar-refractivity contribution in [2.45, 2.75) is 64.4 Å². The van der Waals surface area contributed by atoms with Crippen molar-refractivity contribution >= 4 is 21.8 Å². The Morgan fingerprint density at radius 3 is 2.55 bits per heavy atom. The van der Waals surface area contributed by atoms with Crippen LogP contribution in [0.2, 0.25) is 0 Å². The largest absolute Gasteiger partial charge is 0.454 e. The number of ether oxygens (including phenoxy) is 1. The molecule has 1 aromatic heterocycles. The fourth-order valence-corrected chi connectivity index (χ4v) is 4.74. The molecule has 0 aliphatic heterocycles. The molecule has 31 heavy (non-hydrogen) atoms. The first-order valence-electron chi connectivity index (χ1n) is 10.6. The molecule has 3 rings (SSSR count). The van der Waals surface area contributed by atoms with E-state index in [1.807, 2.05) is 19.9 Å². The Morgan fingerprint density at radius 1 is 1.19 bits per heavy atom. The SMILES string of the molecule is Cc1cc(C(=O)COC(=O)c2cccc(S(=O)(=O)NC3CC3)c2)c(C)n1CCC(C)C. The smallest absolute Gasteiger partial charge is 0.338 e. The number of carbonyl (C=O) groups is 2. The fourth-order valence-electron chi connectivity index (χ4n) is 3.39. The summed E-state index contributed by atoms with van der Waals surface area (Å²) in [6.07, 6.45) is 2.65. The second kappa shape index (κ2) is 9.36. The number of hydrogen-bond donors (Lipinski definition) is 1. The molecule has 2 aromatic rings. The lowest BCUT2D eigenvalue weighted by molar-refractivity contribution is 0.0474. The molecule has 0 bridgehead atoms. The van der Waals surface area contributed by atoms with E-state index in [2.05, 4.69) is 23.1 Å². The van der Waals surface area contributed by atoms with Crippen LogP contribution in [0.1, 0.15) is 65.2 Å². The zero-order valence-electron chi connectivity index (χ0n) is 18.5. The van der Waals surface area contributed by atoms with Gasteiger partial charge in [0.25, 0.3) is 0 Å². The lowest BCUT2D eigenvalue weighted by Gasteiger charge is -2.11. The van der Waals surface area contributed by atoms with E-state index in [1.54, 1.807) is 0 Å². The molecule has 0 radical (unpaired) electrons. The Kier molecular flexibility index (Phi) is 7.01. The standard InChI is InChI=1S/C23H30N2O5S/c1-15(2)10-11-25-16(3)12-21(17(25)4)22(26)14-30-23(27)18-6-5-7-20(13-18)31(28,29)24-19-8-9-19/h5-7,12-13,15,19,24H,8-11,14H2,1-4H3. The summed E-state index contributed by atoms with van der Waals surface area (Å²) in [5.74, 6) is -0.456. The molecular weight excluding hydrogens is 416 g/mol. The van der Waals surface area contributed by atoms with E-state index in [4.69, 9.17) is 4.74 Å². The van der Waals surface area contributed by atoms with Crippen LogP contribution < -0.4 is 4.72 Å². The highest BCUT2D eigenvalue weighted by atomic mass is 32.2. The summed E-state index contributed by atoms with van der Waals surface area (Å²) in [5.41, 5.74) is 2.49. The van der Waals surface area contributed by atoms with Gasteiger partial charge in [0.2, 0.25) is 15.8 Å². The first kappa shape index (κ1) is 23.2. The highest BCUT2D eigenvalue weighted by Gasteiger charge is 2.28. The van der Waals surface area contributed by atoms with Gasteiger partial charge in [-0.25, -0.2) is 17.9 Å². The number of hydrogen-bond acceptors (Lipinski definition) is 5. The molecule has 1 aromatic carbocycles. The van der Waals surface area contributed by atoms with Gasteiger partial charge in [0, 0.05) is 29.5 Å². The van der Waals surface area contributed by atoms with Crippen LogP contribution in [0.5, 0.6) is 0 Å². The molecule has 1 aliphatic rings. The third kappa shape index (κ3) is 5.83. The third-order valence-electron chi connectivity index (χ3n) is 5.42. The highest BCUT2D eigenvalue weighted by molar-refractivity contribution is 7.89. The van der Waals surface area contributed by atoms with E-state index in [0.29, 0.717) is 11.5 Å². The van der Waals surface area contributed by atoms with Crippen molar-refractivity contribution in [3.05, 3.63) is 52.8 Å². The van der Waals surface area contributed by atoms with Gasteiger partial charge in [0.05, 0.1) is 10.5 Å². The third-order valence-corrected chi connectivity index (χ3v) is 6.94. The first-order valence-corrected chi connectivity index (χ1v) is 12.1. The lowest BCUT2D eigenvalue weighted by atomic mass is 10.1. The number of nitrogens with zero attached hydrogens (tertiary/aromatic N) is 1. The molecule has 7 nitrogen and oxygen atoms in total. The molecule has 1 fully saturated rings. The summed E-state index contributed by atoms with van der Waals surface area (Å²) in [5, 5.41) is 0. The molecule has 0 amide bonds. The number of sulfonamides is 1. The van der Waals surface area contributed by atoms with E-state index >= 15 is 0 Å². The van der Waals surface area contributed by atoms with Crippen molar-refractivity contribution in [3.63, 3.8) is 0 Å². The van der Waals surface area contributed by atoms with Crippen LogP contribution >= 0.6 is 0 Å². The molecule has 0 saturated heterocycles. The average Bonchev–Trinajstić information content (AvgIpc) is 3.47. The van der Waals surface area contributed by atoms with Gasteiger partial charge in [0.1, 0.15) is 0 Å². The molecule has 0 spiro atoms. The van der Waals surface area contributed by atoms with E-state index in [-0.39, 0.29) is 22.3 Å². The van der Waals surface area contributed by atoms with E-state index in [0.717, 1.165) is 37.2 Å². The number of carbonyl (C=O) groups excluding carboxylic acids is 2.